The number of amides is 1. The predicted octanol–water partition coefficient (Wildman–Crippen LogP) is 5.60. The van der Waals surface area contributed by atoms with Crippen LogP contribution in [0.4, 0.5) is 11.5 Å². The van der Waals surface area contributed by atoms with Crippen molar-refractivity contribution in [1.82, 2.24) is 19.8 Å². The first-order valence-electron chi connectivity index (χ1n) is 16.1. The molecular formula is C35H42ClN7O2. The molecule has 2 saturated heterocycles. The van der Waals surface area contributed by atoms with Gasteiger partial charge in [0.05, 0.1) is 35.8 Å². The van der Waals surface area contributed by atoms with E-state index >= 15 is 0 Å². The third-order valence-electron chi connectivity index (χ3n) is 9.48. The average Bonchev–Trinajstić information content (AvgIpc) is 3.42. The van der Waals surface area contributed by atoms with Gasteiger partial charge in [-0.05, 0) is 69.7 Å². The summed E-state index contributed by atoms with van der Waals surface area (Å²) in [5, 5.41) is 12.5. The molecule has 236 valence electrons. The first kappa shape index (κ1) is 31.1. The number of nitrogens with zero attached hydrogens (tertiary/aromatic N) is 7. The summed E-state index contributed by atoms with van der Waals surface area (Å²) in [6, 6.07) is 15.6. The Morgan fingerprint density at radius 1 is 1.11 bits per heavy atom. The van der Waals surface area contributed by atoms with Crippen molar-refractivity contribution in [3.8, 4) is 12.1 Å². The van der Waals surface area contributed by atoms with Gasteiger partial charge in [0.25, 0.3) is 0 Å². The van der Waals surface area contributed by atoms with Gasteiger partial charge in [0.1, 0.15) is 12.4 Å². The van der Waals surface area contributed by atoms with E-state index in [9.17, 15) is 10.1 Å². The fourth-order valence-corrected chi connectivity index (χ4v) is 7.56. The Hall–Kier alpha value is -3.87. The lowest BCUT2D eigenvalue weighted by molar-refractivity contribution is -0.128. The van der Waals surface area contributed by atoms with Gasteiger partial charge >= 0.3 is 6.01 Å². The van der Waals surface area contributed by atoms with E-state index in [0.717, 1.165) is 70.9 Å². The van der Waals surface area contributed by atoms with Crippen molar-refractivity contribution in [3.05, 3.63) is 65.3 Å². The van der Waals surface area contributed by atoms with Crippen LogP contribution in [0, 0.1) is 11.3 Å². The number of rotatable bonds is 8. The molecule has 0 radical (unpaired) electrons. The highest BCUT2D eigenvalue weighted by Crippen LogP contribution is 2.37. The number of ether oxygens (including phenoxy) is 1. The zero-order chi connectivity index (χ0) is 31.5. The van der Waals surface area contributed by atoms with Crippen LogP contribution in [0.5, 0.6) is 6.01 Å². The van der Waals surface area contributed by atoms with Crippen molar-refractivity contribution < 1.29 is 9.53 Å². The molecule has 0 aliphatic carbocycles. The summed E-state index contributed by atoms with van der Waals surface area (Å²) in [7, 11) is 0. The molecule has 9 nitrogen and oxygen atoms in total. The molecule has 0 spiro atoms. The molecule has 0 bridgehead atoms. The molecule has 1 aromatic heterocycles. The van der Waals surface area contributed by atoms with Crippen LogP contribution in [-0.4, -0.2) is 83.1 Å². The largest absolute Gasteiger partial charge is 0.462 e. The Kier molecular flexibility index (Phi) is 9.43. The minimum absolute atomic E-state index is 0.143. The Morgan fingerprint density at radius 3 is 2.71 bits per heavy atom. The first-order chi connectivity index (χ1) is 21.9. The van der Waals surface area contributed by atoms with Gasteiger partial charge in [-0.2, -0.15) is 15.2 Å². The van der Waals surface area contributed by atoms with Crippen molar-refractivity contribution in [2.45, 2.75) is 70.6 Å². The normalized spacial score (nSPS) is 20.6. The number of carbonyl (C=O) groups is 1. The monoisotopic (exact) mass is 627 g/mol. The van der Waals surface area contributed by atoms with Gasteiger partial charge in [-0.15, -0.1) is 0 Å². The van der Waals surface area contributed by atoms with E-state index in [1.807, 2.05) is 12.1 Å². The molecule has 3 aromatic rings. The summed E-state index contributed by atoms with van der Waals surface area (Å²) < 4.78 is 6.43. The van der Waals surface area contributed by atoms with Gasteiger partial charge < -0.3 is 19.4 Å². The minimum atomic E-state index is -0.248. The average molecular weight is 628 g/mol. The molecule has 3 aliphatic heterocycles. The molecule has 0 unspecified atom stereocenters. The fourth-order valence-electron chi connectivity index (χ4n) is 7.28. The van der Waals surface area contributed by atoms with E-state index in [-0.39, 0.29) is 18.4 Å². The number of aromatic nitrogens is 2. The zero-order valence-electron chi connectivity index (χ0n) is 26.3. The molecule has 10 heteroatoms. The van der Waals surface area contributed by atoms with Crippen LogP contribution in [0.1, 0.15) is 50.8 Å². The number of anilines is 2. The van der Waals surface area contributed by atoms with Crippen molar-refractivity contribution >= 4 is 39.8 Å². The van der Waals surface area contributed by atoms with Crippen LogP contribution in [0.25, 0.3) is 10.8 Å². The number of halogens is 1. The SMILES string of the molecule is C=CC(=O)N1CCN(c2nc(OC[C@H]3CCCN3C(C)C)nc3c2CCCN(c2cccc4cccc(Cl)c24)C3)C[C@@H]1CC#N. The van der Waals surface area contributed by atoms with Crippen LogP contribution in [-0.2, 0) is 17.8 Å². The Labute approximate surface area is 271 Å². The predicted molar refractivity (Wildman–Crippen MR) is 179 cm³/mol. The second-order valence-electron chi connectivity index (χ2n) is 12.5. The van der Waals surface area contributed by atoms with Gasteiger partial charge in [0.15, 0.2) is 0 Å². The molecule has 2 atom stereocenters. The Bertz CT molecular complexity index is 1600. The molecular weight excluding hydrogens is 586 g/mol. The molecule has 1 amide bonds. The van der Waals surface area contributed by atoms with Crippen LogP contribution >= 0.6 is 11.6 Å². The van der Waals surface area contributed by atoms with Crippen molar-refractivity contribution in [1.29, 1.82) is 5.26 Å². The Balaban J connectivity index is 1.36. The lowest BCUT2D eigenvalue weighted by atomic mass is 10.1. The number of benzene rings is 2. The summed E-state index contributed by atoms with van der Waals surface area (Å²) in [5.41, 5.74) is 3.16. The van der Waals surface area contributed by atoms with E-state index in [4.69, 9.17) is 26.3 Å². The molecule has 3 aliphatic rings. The van der Waals surface area contributed by atoms with Gasteiger partial charge in [-0.25, -0.2) is 0 Å². The number of fused-ring (bicyclic) bond motifs is 2. The van der Waals surface area contributed by atoms with Crippen molar-refractivity contribution in [3.63, 3.8) is 0 Å². The van der Waals surface area contributed by atoms with Gasteiger partial charge in [0, 0.05) is 54.9 Å². The minimum Gasteiger partial charge on any atom is -0.462 e. The van der Waals surface area contributed by atoms with E-state index < -0.39 is 0 Å². The second kappa shape index (κ2) is 13.6. The molecule has 45 heavy (non-hydrogen) atoms. The zero-order valence-corrected chi connectivity index (χ0v) is 27.0. The summed E-state index contributed by atoms with van der Waals surface area (Å²) in [6.45, 7) is 12.8. The first-order valence-corrected chi connectivity index (χ1v) is 16.5. The van der Waals surface area contributed by atoms with Crippen LogP contribution in [0.2, 0.25) is 5.02 Å². The van der Waals surface area contributed by atoms with E-state index in [0.29, 0.717) is 50.9 Å². The molecule has 2 fully saturated rings. The summed E-state index contributed by atoms with van der Waals surface area (Å²) in [5.74, 6) is 0.713. The quantitative estimate of drug-likeness (QED) is 0.298. The Morgan fingerprint density at radius 2 is 1.93 bits per heavy atom. The lowest BCUT2D eigenvalue weighted by Crippen LogP contribution is -2.55. The number of likely N-dealkylation sites (tertiary alicyclic amines) is 1. The van der Waals surface area contributed by atoms with Crippen LogP contribution in [0.15, 0.2) is 49.1 Å². The highest BCUT2D eigenvalue weighted by Gasteiger charge is 2.33. The summed E-state index contributed by atoms with van der Waals surface area (Å²) in [6.07, 6.45) is 5.58. The fraction of sp³-hybridized carbons (Fsp3) is 0.486. The number of hydrogen-bond acceptors (Lipinski definition) is 8. The number of piperazine rings is 1. The topological polar surface area (TPSA) is 88.8 Å². The van der Waals surface area contributed by atoms with E-state index in [2.05, 4.69) is 65.5 Å². The van der Waals surface area contributed by atoms with Crippen molar-refractivity contribution in [2.75, 3.05) is 49.1 Å². The summed E-state index contributed by atoms with van der Waals surface area (Å²) >= 11 is 6.76. The number of carbonyl (C=O) groups excluding carboxylic acids is 1. The van der Waals surface area contributed by atoms with Gasteiger partial charge in [-0.3, -0.25) is 9.69 Å². The molecule has 0 saturated carbocycles. The molecule has 0 N–H and O–H groups in total. The van der Waals surface area contributed by atoms with Crippen molar-refractivity contribution in [2.24, 2.45) is 0 Å². The third-order valence-corrected chi connectivity index (χ3v) is 9.79. The van der Waals surface area contributed by atoms with Gasteiger partial charge in [-0.1, -0.05) is 42.4 Å². The number of nitriles is 1. The van der Waals surface area contributed by atoms with E-state index in [1.165, 1.54) is 12.5 Å². The third kappa shape index (κ3) is 6.45. The maximum absolute atomic E-state index is 12.6. The molecule has 2 aromatic carbocycles. The second-order valence-corrected chi connectivity index (χ2v) is 12.9. The molecule has 4 heterocycles. The van der Waals surface area contributed by atoms with Crippen LogP contribution in [0.3, 0.4) is 0 Å². The number of hydrogen-bond donors (Lipinski definition) is 0. The van der Waals surface area contributed by atoms with E-state index in [1.54, 1.807) is 4.90 Å². The molecule has 6 rings (SSSR count). The smallest absolute Gasteiger partial charge is 0.318 e. The highest BCUT2D eigenvalue weighted by molar-refractivity contribution is 6.36. The highest BCUT2D eigenvalue weighted by atomic mass is 35.5. The lowest BCUT2D eigenvalue weighted by Gasteiger charge is -2.41. The van der Waals surface area contributed by atoms with Gasteiger partial charge in [0.2, 0.25) is 5.91 Å². The maximum Gasteiger partial charge on any atom is 0.318 e. The maximum atomic E-state index is 12.6. The van der Waals surface area contributed by atoms with Crippen LogP contribution < -0.4 is 14.5 Å². The summed E-state index contributed by atoms with van der Waals surface area (Å²) in [4.78, 5) is 31.6. The standard InChI is InChI=1S/C35H42ClN7O2/c1-4-32(44)43-20-19-41(21-26(43)15-16-37)34-28-12-8-17-40(31-14-6-10-25-9-5-13-29(36)33(25)31)22-30(28)38-35(39-34)45-23-27-11-7-18-42(27)24(2)3/h4-6,9-10,13-14,24,26-27H,1,7-8,11-12,15,17-23H2,2-3H3/t26-,27+/m0/s1.